The van der Waals surface area contributed by atoms with Crippen molar-refractivity contribution in [2.45, 2.75) is 20.4 Å². The maximum Gasteiger partial charge on any atom is 0.257 e. The Hall–Kier alpha value is -2.67. The van der Waals surface area contributed by atoms with Crippen molar-refractivity contribution in [3.8, 4) is 0 Å². The smallest absolute Gasteiger partial charge is 0.257 e. The van der Waals surface area contributed by atoms with Crippen LogP contribution in [0.4, 0.5) is 5.13 Å². The monoisotopic (exact) mass is 381 g/mol. The number of rotatable bonds is 4. The van der Waals surface area contributed by atoms with Gasteiger partial charge in [-0.1, -0.05) is 30.3 Å². The lowest BCUT2D eigenvalue weighted by atomic mass is 10.1. The summed E-state index contributed by atoms with van der Waals surface area (Å²) in [5, 5.41) is 7.65. The average molecular weight is 382 g/mol. The van der Waals surface area contributed by atoms with Gasteiger partial charge < -0.3 is 9.80 Å². The minimum absolute atomic E-state index is 0.0862. The van der Waals surface area contributed by atoms with Crippen LogP contribution in [0, 0.1) is 13.8 Å². The van der Waals surface area contributed by atoms with E-state index >= 15 is 0 Å². The molecule has 0 atom stereocenters. The normalized spacial score (nSPS) is 14.6. The predicted octanol–water partition coefficient (Wildman–Crippen LogP) is 2.97. The van der Waals surface area contributed by atoms with E-state index in [0.29, 0.717) is 19.6 Å². The van der Waals surface area contributed by atoms with Crippen LogP contribution in [0.1, 0.15) is 27.3 Å². The number of benzene rings is 1. The fraction of sp³-hybridized carbons (Fsp3) is 0.350. The topological polar surface area (TPSA) is 54.3 Å². The van der Waals surface area contributed by atoms with Crippen LogP contribution >= 0.6 is 11.3 Å². The highest BCUT2D eigenvalue weighted by Gasteiger charge is 2.27. The Morgan fingerprint density at radius 3 is 2.52 bits per heavy atom. The van der Waals surface area contributed by atoms with Crippen LogP contribution in [-0.4, -0.2) is 51.8 Å². The lowest BCUT2D eigenvalue weighted by Crippen LogP contribution is -2.49. The maximum atomic E-state index is 13.1. The van der Waals surface area contributed by atoms with Gasteiger partial charge in [0.2, 0.25) is 0 Å². The first-order chi connectivity index (χ1) is 13.1. The van der Waals surface area contributed by atoms with E-state index in [4.69, 9.17) is 0 Å². The van der Waals surface area contributed by atoms with E-state index < -0.39 is 0 Å². The first-order valence-electron chi connectivity index (χ1n) is 9.15. The number of amides is 1. The molecule has 0 aliphatic carbocycles. The molecule has 0 N–H and O–H groups in total. The standard InChI is InChI=1S/C20H23N5OS/c1-15-18(16(2)25(22-15)14-17-6-4-3-5-7-17)19(26)23-9-11-24(12-10-23)20-21-8-13-27-20/h3-8,13H,9-12,14H2,1-2H3. The van der Waals surface area contributed by atoms with Crippen LogP contribution < -0.4 is 4.90 Å². The summed E-state index contributed by atoms with van der Waals surface area (Å²) in [6, 6.07) is 10.2. The molecule has 3 aromatic rings. The SMILES string of the molecule is Cc1nn(Cc2ccccc2)c(C)c1C(=O)N1CCN(c2nccs2)CC1. The van der Waals surface area contributed by atoms with Gasteiger partial charge in [-0.3, -0.25) is 9.48 Å². The molecule has 0 bridgehead atoms. The van der Waals surface area contributed by atoms with Crippen molar-refractivity contribution < 1.29 is 4.79 Å². The van der Waals surface area contributed by atoms with Gasteiger partial charge in [0.25, 0.3) is 5.91 Å². The highest BCUT2D eigenvalue weighted by atomic mass is 32.1. The Morgan fingerprint density at radius 2 is 1.85 bits per heavy atom. The van der Waals surface area contributed by atoms with E-state index in [1.807, 2.05) is 53.2 Å². The van der Waals surface area contributed by atoms with E-state index in [0.717, 1.165) is 35.2 Å². The number of hydrogen-bond donors (Lipinski definition) is 0. The highest BCUT2D eigenvalue weighted by molar-refractivity contribution is 7.13. The quantitative estimate of drug-likeness (QED) is 0.697. The number of aryl methyl sites for hydroxylation is 1. The van der Waals surface area contributed by atoms with E-state index in [9.17, 15) is 4.79 Å². The molecule has 1 aliphatic heterocycles. The molecule has 0 spiro atoms. The summed E-state index contributed by atoms with van der Waals surface area (Å²) in [5.41, 5.74) is 3.66. The summed E-state index contributed by atoms with van der Waals surface area (Å²) in [4.78, 5) is 21.7. The van der Waals surface area contributed by atoms with Gasteiger partial charge in [0.15, 0.2) is 5.13 Å². The molecule has 0 unspecified atom stereocenters. The molecule has 1 amide bonds. The molecule has 1 aliphatic rings. The highest BCUT2D eigenvalue weighted by Crippen LogP contribution is 2.21. The molecule has 1 saturated heterocycles. The van der Waals surface area contributed by atoms with Crippen LogP contribution in [0.2, 0.25) is 0 Å². The summed E-state index contributed by atoms with van der Waals surface area (Å²) in [7, 11) is 0. The second kappa shape index (κ2) is 7.52. The minimum Gasteiger partial charge on any atom is -0.345 e. The fourth-order valence-electron chi connectivity index (χ4n) is 3.55. The van der Waals surface area contributed by atoms with Gasteiger partial charge >= 0.3 is 0 Å². The second-order valence-corrected chi connectivity index (χ2v) is 7.66. The largest absolute Gasteiger partial charge is 0.345 e. The van der Waals surface area contributed by atoms with Gasteiger partial charge in [-0.25, -0.2) is 4.98 Å². The number of thiazole rings is 1. The third-order valence-corrected chi connectivity index (χ3v) is 5.86. The van der Waals surface area contributed by atoms with E-state index in [1.54, 1.807) is 11.3 Å². The van der Waals surface area contributed by atoms with Crippen LogP contribution in [-0.2, 0) is 6.54 Å². The van der Waals surface area contributed by atoms with Gasteiger partial charge in [0.1, 0.15) is 0 Å². The molecule has 1 fully saturated rings. The fourth-order valence-corrected chi connectivity index (χ4v) is 4.24. The number of carbonyl (C=O) groups is 1. The third-order valence-electron chi connectivity index (χ3n) is 5.03. The van der Waals surface area contributed by atoms with Crippen molar-refractivity contribution in [1.29, 1.82) is 0 Å². The number of nitrogens with zero attached hydrogens (tertiary/aromatic N) is 5. The van der Waals surface area contributed by atoms with Crippen LogP contribution in [0.15, 0.2) is 41.9 Å². The van der Waals surface area contributed by atoms with Crippen molar-refractivity contribution >= 4 is 22.4 Å². The summed E-state index contributed by atoms with van der Waals surface area (Å²) in [5.74, 6) is 0.0862. The number of aromatic nitrogens is 3. The Kier molecular flexibility index (Phi) is 4.94. The summed E-state index contributed by atoms with van der Waals surface area (Å²) >= 11 is 1.64. The van der Waals surface area contributed by atoms with Crippen LogP contribution in [0.3, 0.4) is 0 Å². The second-order valence-electron chi connectivity index (χ2n) is 6.78. The molecular weight excluding hydrogens is 358 g/mol. The van der Waals surface area contributed by atoms with Gasteiger partial charge in [-0.15, -0.1) is 11.3 Å². The minimum atomic E-state index is 0.0862. The molecule has 140 valence electrons. The Morgan fingerprint density at radius 1 is 1.11 bits per heavy atom. The van der Waals surface area contributed by atoms with E-state index in [1.165, 1.54) is 5.56 Å². The number of piperazine rings is 1. The van der Waals surface area contributed by atoms with Gasteiger partial charge in [-0.05, 0) is 19.4 Å². The zero-order valence-corrected chi connectivity index (χ0v) is 16.4. The maximum absolute atomic E-state index is 13.1. The molecule has 0 radical (unpaired) electrons. The van der Waals surface area contributed by atoms with Crippen molar-refractivity contribution in [2.75, 3.05) is 31.1 Å². The molecule has 0 saturated carbocycles. The Balaban J connectivity index is 1.48. The molecule has 2 aromatic heterocycles. The van der Waals surface area contributed by atoms with Crippen molar-refractivity contribution in [1.82, 2.24) is 19.7 Å². The Labute approximate surface area is 163 Å². The molecule has 7 heteroatoms. The molecule has 3 heterocycles. The first kappa shape index (κ1) is 17.7. The van der Waals surface area contributed by atoms with Gasteiger partial charge in [0.05, 0.1) is 17.8 Å². The molecule has 1 aromatic carbocycles. The van der Waals surface area contributed by atoms with Crippen molar-refractivity contribution in [3.63, 3.8) is 0 Å². The van der Waals surface area contributed by atoms with Crippen molar-refractivity contribution in [2.24, 2.45) is 0 Å². The van der Waals surface area contributed by atoms with Crippen LogP contribution in [0.5, 0.6) is 0 Å². The van der Waals surface area contributed by atoms with Gasteiger partial charge in [-0.2, -0.15) is 5.10 Å². The summed E-state index contributed by atoms with van der Waals surface area (Å²) < 4.78 is 1.93. The molecule has 4 rings (SSSR count). The zero-order chi connectivity index (χ0) is 18.8. The third kappa shape index (κ3) is 3.60. The van der Waals surface area contributed by atoms with Crippen LogP contribution in [0.25, 0.3) is 0 Å². The number of hydrogen-bond acceptors (Lipinski definition) is 5. The average Bonchev–Trinajstić information content (AvgIpc) is 3.31. The number of carbonyl (C=O) groups excluding carboxylic acids is 1. The van der Waals surface area contributed by atoms with Crippen molar-refractivity contribution in [3.05, 3.63) is 64.4 Å². The predicted molar refractivity (Wildman–Crippen MR) is 107 cm³/mol. The molecule has 27 heavy (non-hydrogen) atoms. The van der Waals surface area contributed by atoms with Gasteiger partial charge in [0, 0.05) is 43.4 Å². The lowest BCUT2D eigenvalue weighted by Gasteiger charge is -2.34. The Bertz CT molecular complexity index is 912. The molecular formula is C20H23N5OS. The van der Waals surface area contributed by atoms with E-state index in [-0.39, 0.29) is 5.91 Å². The van der Waals surface area contributed by atoms with E-state index in [2.05, 4.69) is 27.1 Å². The lowest BCUT2D eigenvalue weighted by molar-refractivity contribution is 0.0745. The summed E-state index contributed by atoms with van der Waals surface area (Å²) in [6.07, 6.45) is 1.82. The number of anilines is 1. The molecule has 6 nitrogen and oxygen atoms in total. The summed E-state index contributed by atoms with van der Waals surface area (Å²) in [6.45, 7) is 7.64. The first-order valence-corrected chi connectivity index (χ1v) is 10.0. The zero-order valence-electron chi connectivity index (χ0n) is 15.6.